The summed E-state index contributed by atoms with van der Waals surface area (Å²) < 4.78 is 4.46. The maximum Gasteiger partial charge on any atom is 0.306 e. The molecule has 2 amide bonds. The van der Waals surface area contributed by atoms with E-state index in [9.17, 15) is 14.4 Å². The van der Waals surface area contributed by atoms with Gasteiger partial charge in [0, 0.05) is 24.2 Å². The van der Waals surface area contributed by atoms with Crippen LogP contribution in [0.25, 0.3) is 0 Å². The smallest absolute Gasteiger partial charge is 0.306 e. The second-order valence-electron chi connectivity index (χ2n) is 4.50. The van der Waals surface area contributed by atoms with Gasteiger partial charge in [-0.15, -0.1) is 0 Å². The van der Waals surface area contributed by atoms with Gasteiger partial charge in [-0.25, -0.2) is 0 Å². The molecule has 0 aliphatic carbocycles. The Morgan fingerprint density at radius 2 is 1.38 bits per heavy atom. The SMILES string of the molecule is CCCC(=O)Nc1ccc(NC(=O)CCC(=O)OC)cc1. The fourth-order valence-corrected chi connectivity index (χ4v) is 1.63. The maximum absolute atomic E-state index is 11.6. The molecule has 0 unspecified atom stereocenters. The lowest BCUT2D eigenvalue weighted by atomic mass is 10.2. The summed E-state index contributed by atoms with van der Waals surface area (Å²) in [4.78, 5) is 33.9. The monoisotopic (exact) mass is 292 g/mol. The molecule has 0 saturated carbocycles. The summed E-state index contributed by atoms with van der Waals surface area (Å²) in [6.07, 6.45) is 1.39. The van der Waals surface area contributed by atoms with Crippen molar-refractivity contribution in [2.45, 2.75) is 32.6 Å². The third-order valence-electron chi connectivity index (χ3n) is 2.71. The van der Waals surface area contributed by atoms with E-state index in [2.05, 4.69) is 15.4 Å². The van der Waals surface area contributed by atoms with Gasteiger partial charge in [-0.05, 0) is 30.7 Å². The maximum atomic E-state index is 11.6. The average Bonchev–Trinajstić information content (AvgIpc) is 2.47. The van der Waals surface area contributed by atoms with E-state index in [1.807, 2.05) is 6.92 Å². The normalized spacial score (nSPS) is 9.81. The van der Waals surface area contributed by atoms with E-state index in [4.69, 9.17) is 0 Å². The second kappa shape index (κ2) is 8.73. The average molecular weight is 292 g/mol. The standard InChI is InChI=1S/C15H20N2O4/c1-3-4-13(18)16-11-5-7-12(8-6-11)17-14(19)9-10-15(20)21-2/h5-8H,3-4,9-10H2,1-2H3,(H,16,18)(H,17,19). The molecule has 1 aromatic rings. The van der Waals surface area contributed by atoms with Crippen LogP contribution in [0.3, 0.4) is 0 Å². The Kier molecular flexibility index (Phi) is 6.94. The summed E-state index contributed by atoms with van der Waals surface area (Å²) in [5.41, 5.74) is 1.29. The number of esters is 1. The Labute approximate surface area is 123 Å². The Morgan fingerprint density at radius 1 is 0.905 bits per heavy atom. The molecule has 0 atom stereocenters. The molecule has 0 aliphatic heterocycles. The summed E-state index contributed by atoms with van der Waals surface area (Å²) in [6, 6.07) is 6.81. The topological polar surface area (TPSA) is 84.5 Å². The molecule has 0 spiro atoms. The fourth-order valence-electron chi connectivity index (χ4n) is 1.63. The Morgan fingerprint density at radius 3 is 1.81 bits per heavy atom. The first-order chi connectivity index (χ1) is 10.0. The van der Waals surface area contributed by atoms with Gasteiger partial charge in [0.05, 0.1) is 13.5 Å². The summed E-state index contributed by atoms with van der Waals surface area (Å²) in [5, 5.41) is 5.43. The number of benzene rings is 1. The number of hydrogen-bond donors (Lipinski definition) is 2. The van der Waals surface area contributed by atoms with Crippen LogP contribution in [0.2, 0.25) is 0 Å². The van der Waals surface area contributed by atoms with Gasteiger partial charge in [-0.3, -0.25) is 14.4 Å². The van der Waals surface area contributed by atoms with Crippen LogP contribution in [0, 0.1) is 0 Å². The van der Waals surface area contributed by atoms with E-state index in [0.717, 1.165) is 6.42 Å². The largest absolute Gasteiger partial charge is 0.469 e. The van der Waals surface area contributed by atoms with Gasteiger partial charge in [0.1, 0.15) is 0 Å². The Bertz CT molecular complexity index is 497. The van der Waals surface area contributed by atoms with Crippen molar-refractivity contribution in [1.29, 1.82) is 0 Å². The van der Waals surface area contributed by atoms with Crippen LogP contribution in [0.1, 0.15) is 32.6 Å². The molecule has 114 valence electrons. The van der Waals surface area contributed by atoms with Crippen molar-refractivity contribution in [3.63, 3.8) is 0 Å². The van der Waals surface area contributed by atoms with Crippen molar-refractivity contribution in [1.82, 2.24) is 0 Å². The first kappa shape index (κ1) is 16.7. The predicted octanol–water partition coefficient (Wildman–Crippen LogP) is 2.32. The minimum atomic E-state index is -0.417. The van der Waals surface area contributed by atoms with Gasteiger partial charge < -0.3 is 15.4 Å². The van der Waals surface area contributed by atoms with Crippen LogP contribution in [-0.2, 0) is 19.1 Å². The van der Waals surface area contributed by atoms with Gasteiger partial charge in [-0.1, -0.05) is 6.92 Å². The van der Waals surface area contributed by atoms with Crippen LogP contribution in [0.4, 0.5) is 11.4 Å². The molecular weight excluding hydrogens is 272 g/mol. The number of rotatable bonds is 7. The van der Waals surface area contributed by atoms with Gasteiger partial charge in [0.2, 0.25) is 11.8 Å². The Balaban J connectivity index is 2.45. The lowest BCUT2D eigenvalue weighted by molar-refractivity contribution is -0.141. The third-order valence-corrected chi connectivity index (χ3v) is 2.71. The summed E-state index contributed by atoms with van der Waals surface area (Å²) in [7, 11) is 1.28. The van der Waals surface area contributed by atoms with Crippen molar-refractivity contribution in [2.24, 2.45) is 0 Å². The third kappa shape index (κ3) is 6.56. The number of nitrogens with one attached hydrogen (secondary N) is 2. The number of amides is 2. The summed E-state index contributed by atoms with van der Waals surface area (Å²) in [6.45, 7) is 1.94. The summed E-state index contributed by atoms with van der Waals surface area (Å²) in [5.74, 6) is -0.713. The molecule has 0 radical (unpaired) electrons. The summed E-state index contributed by atoms with van der Waals surface area (Å²) >= 11 is 0. The molecule has 0 bridgehead atoms. The number of carbonyl (C=O) groups is 3. The van der Waals surface area contributed by atoms with Crippen LogP contribution in [0.5, 0.6) is 0 Å². The van der Waals surface area contributed by atoms with Crippen molar-refractivity contribution >= 4 is 29.2 Å². The molecule has 0 saturated heterocycles. The van der Waals surface area contributed by atoms with Crippen molar-refractivity contribution in [3.8, 4) is 0 Å². The number of hydrogen-bond acceptors (Lipinski definition) is 4. The van der Waals surface area contributed by atoms with Crippen LogP contribution >= 0.6 is 0 Å². The number of anilines is 2. The second-order valence-corrected chi connectivity index (χ2v) is 4.50. The van der Waals surface area contributed by atoms with E-state index in [-0.39, 0.29) is 24.7 Å². The highest BCUT2D eigenvalue weighted by atomic mass is 16.5. The zero-order valence-electron chi connectivity index (χ0n) is 12.3. The van der Waals surface area contributed by atoms with Crippen molar-refractivity contribution < 1.29 is 19.1 Å². The minimum Gasteiger partial charge on any atom is -0.469 e. The van der Waals surface area contributed by atoms with E-state index >= 15 is 0 Å². The van der Waals surface area contributed by atoms with Crippen LogP contribution < -0.4 is 10.6 Å². The number of ether oxygens (including phenoxy) is 1. The van der Waals surface area contributed by atoms with Gasteiger partial charge >= 0.3 is 5.97 Å². The number of methoxy groups -OCH3 is 1. The molecule has 6 nitrogen and oxygen atoms in total. The van der Waals surface area contributed by atoms with E-state index in [1.165, 1.54) is 7.11 Å². The zero-order valence-corrected chi connectivity index (χ0v) is 12.3. The lowest BCUT2D eigenvalue weighted by Gasteiger charge is -2.07. The molecule has 21 heavy (non-hydrogen) atoms. The van der Waals surface area contributed by atoms with Gasteiger partial charge in [0.25, 0.3) is 0 Å². The van der Waals surface area contributed by atoms with Crippen molar-refractivity contribution in [3.05, 3.63) is 24.3 Å². The molecule has 6 heteroatoms. The van der Waals surface area contributed by atoms with Gasteiger partial charge in [0.15, 0.2) is 0 Å². The molecule has 2 N–H and O–H groups in total. The fraction of sp³-hybridized carbons (Fsp3) is 0.400. The minimum absolute atomic E-state index is 0.0348. The molecule has 0 heterocycles. The first-order valence-corrected chi connectivity index (χ1v) is 6.81. The van der Waals surface area contributed by atoms with E-state index < -0.39 is 5.97 Å². The molecular formula is C15H20N2O4. The Hall–Kier alpha value is -2.37. The zero-order chi connectivity index (χ0) is 15.7. The lowest BCUT2D eigenvalue weighted by Crippen LogP contribution is -2.14. The molecule has 1 aromatic carbocycles. The number of carbonyl (C=O) groups excluding carboxylic acids is 3. The van der Waals surface area contributed by atoms with E-state index in [1.54, 1.807) is 24.3 Å². The predicted molar refractivity (Wildman–Crippen MR) is 79.9 cm³/mol. The van der Waals surface area contributed by atoms with Crippen LogP contribution in [-0.4, -0.2) is 24.9 Å². The highest BCUT2D eigenvalue weighted by molar-refractivity contribution is 5.93. The quantitative estimate of drug-likeness (QED) is 0.755. The molecule has 0 aliphatic rings. The highest BCUT2D eigenvalue weighted by Crippen LogP contribution is 2.14. The van der Waals surface area contributed by atoms with Crippen molar-refractivity contribution in [2.75, 3.05) is 17.7 Å². The molecule has 0 fully saturated rings. The molecule has 0 aromatic heterocycles. The highest BCUT2D eigenvalue weighted by Gasteiger charge is 2.07. The molecule has 1 rings (SSSR count). The van der Waals surface area contributed by atoms with Gasteiger partial charge in [-0.2, -0.15) is 0 Å². The first-order valence-electron chi connectivity index (χ1n) is 6.81. The van der Waals surface area contributed by atoms with E-state index in [0.29, 0.717) is 17.8 Å². The van der Waals surface area contributed by atoms with Crippen LogP contribution in [0.15, 0.2) is 24.3 Å².